The van der Waals surface area contributed by atoms with Gasteiger partial charge < -0.3 is 9.88 Å². The summed E-state index contributed by atoms with van der Waals surface area (Å²) in [7, 11) is 0. The minimum absolute atomic E-state index is 0.0647. The van der Waals surface area contributed by atoms with Crippen LogP contribution in [-0.2, 0) is 6.42 Å². The van der Waals surface area contributed by atoms with E-state index in [4.69, 9.17) is 0 Å². The predicted molar refractivity (Wildman–Crippen MR) is 97.3 cm³/mol. The molecule has 25 heavy (non-hydrogen) atoms. The maximum Gasteiger partial charge on any atom is 0.271 e. The zero-order valence-corrected chi connectivity index (χ0v) is 14.2. The second kappa shape index (κ2) is 7.05. The molecule has 1 saturated heterocycles. The van der Waals surface area contributed by atoms with Crippen molar-refractivity contribution in [1.82, 2.24) is 19.9 Å². The molecule has 3 heterocycles. The Kier molecular flexibility index (Phi) is 4.46. The Balaban J connectivity index is 1.41. The van der Waals surface area contributed by atoms with Gasteiger partial charge in [-0.05, 0) is 55.4 Å². The van der Waals surface area contributed by atoms with Gasteiger partial charge in [-0.3, -0.25) is 9.78 Å². The fraction of sp³-hybridized carbons (Fsp3) is 0.350. The molecule has 0 radical (unpaired) electrons. The number of imidazole rings is 1. The van der Waals surface area contributed by atoms with Crippen molar-refractivity contribution < 1.29 is 4.79 Å². The zero-order valence-electron chi connectivity index (χ0n) is 14.2. The quantitative estimate of drug-likeness (QED) is 0.798. The maximum absolute atomic E-state index is 12.5. The van der Waals surface area contributed by atoms with Crippen molar-refractivity contribution in [1.29, 1.82) is 0 Å². The first kappa shape index (κ1) is 15.8. The number of likely N-dealkylation sites (tertiary alicyclic amines) is 1. The Labute approximate surface area is 147 Å². The van der Waals surface area contributed by atoms with E-state index >= 15 is 0 Å². The highest BCUT2D eigenvalue weighted by molar-refractivity contribution is 5.92. The average Bonchev–Trinajstić information content (AvgIpc) is 3.08. The number of carbonyl (C=O) groups excluding carboxylic acids is 1. The molecule has 5 nitrogen and oxygen atoms in total. The Bertz CT molecular complexity index is 859. The summed E-state index contributed by atoms with van der Waals surface area (Å²) >= 11 is 0. The second-order valence-electron chi connectivity index (χ2n) is 6.79. The van der Waals surface area contributed by atoms with E-state index in [1.54, 1.807) is 12.5 Å². The molecule has 1 amide bonds. The molecule has 0 aliphatic carbocycles. The van der Waals surface area contributed by atoms with E-state index in [1.807, 2.05) is 17.2 Å². The Morgan fingerprint density at radius 2 is 2.20 bits per heavy atom. The number of amides is 1. The van der Waals surface area contributed by atoms with E-state index in [2.05, 4.69) is 39.2 Å². The summed E-state index contributed by atoms with van der Waals surface area (Å²) in [6.45, 7) is 1.65. The lowest BCUT2D eigenvalue weighted by atomic mass is 9.92. The van der Waals surface area contributed by atoms with Crippen LogP contribution in [0.25, 0.3) is 10.9 Å². The van der Waals surface area contributed by atoms with Crippen LogP contribution in [0.4, 0.5) is 0 Å². The summed E-state index contributed by atoms with van der Waals surface area (Å²) in [6, 6.07) is 10.6. The smallest absolute Gasteiger partial charge is 0.271 e. The molecule has 1 fully saturated rings. The van der Waals surface area contributed by atoms with Crippen molar-refractivity contribution in [2.45, 2.75) is 25.7 Å². The monoisotopic (exact) mass is 334 g/mol. The van der Waals surface area contributed by atoms with Crippen LogP contribution in [0.5, 0.6) is 0 Å². The van der Waals surface area contributed by atoms with Crippen molar-refractivity contribution in [2.24, 2.45) is 5.92 Å². The number of carbonyl (C=O) groups is 1. The van der Waals surface area contributed by atoms with Crippen molar-refractivity contribution in [3.05, 3.63) is 60.3 Å². The highest BCUT2D eigenvalue weighted by Crippen LogP contribution is 2.24. The number of hydrogen-bond acceptors (Lipinski definition) is 3. The predicted octanol–water partition coefficient (Wildman–Crippen LogP) is 3.44. The van der Waals surface area contributed by atoms with Gasteiger partial charge in [0.1, 0.15) is 5.69 Å². The van der Waals surface area contributed by atoms with Gasteiger partial charge in [0.15, 0.2) is 0 Å². The topological polar surface area (TPSA) is 61.9 Å². The number of benzene rings is 1. The number of aromatic amines is 1. The molecular weight excluding hydrogens is 312 g/mol. The van der Waals surface area contributed by atoms with Gasteiger partial charge in [-0.2, -0.15) is 0 Å². The van der Waals surface area contributed by atoms with Crippen LogP contribution >= 0.6 is 0 Å². The third-order valence-corrected chi connectivity index (χ3v) is 5.06. The van der Waals surface area contributed by atoms with Crippen molar-refractivity contribution in [2.75, 3.05) is 13.1 Å². The number of H-pyrrole nitrogens is 1. The summed E-state index contributed by atoms with van der Waals surface area (Å²) in [5, 5.41) is 1.20. The first-order valence-electron chi connectivity index (χ1n) is 8.91. The molecule has 4 rings (SSSR count). The summed E-state index contributed by atoms with van der Waals surface area (Å²) in [4.78, 5) is 25.7. The third kappa shape index (κ3) is 3.55. The van der Waals surface area contributed by atoms with Gasteiger partial charge >= 0.3 is 0 Å². The summed E-state index contributed by atoms with van der Waals surface area (Å²) in [6.07, 6.45) is 9.33. The van der Waals surface area contributed by atoms with Crippen LogP contribution in [0.1, 0.15) is 35.3 Å². The first-order valence-corrected chi connectivity index (χ1v) is 8.91. The molecular formula is C20H22N4O. The van der Waals surface area contributed by atoms with Crippen LogP contribution < -0.4 is 0 Å². The molecule has 1 aromatic carbocycles. The normalized spacial score (nSPS) is 18.2. The Morgan fingerprint density at radius 1 is 1.24 bits per heavy atom. The van der Waals surface area contributed by atoms with Crippen LogP contribution in [0.2, 0.25) is 0 Å². The van der Waals surface area contributed by atoms with Crippen molar-refractivity contribution in [3.63, 3.8) is 0 Å². The molecule has 3 aromatic rings. The lowest BCUT2D eigenvalue weighted by Gasteiger charge is -2.19. The molecule has 0 bridgehead atoms. The summed E-state index contributed by atoms with van der Waals surface area (Å²) in [5.41, 5.74) is 2.99. The minimum Gasteiger partial charge on any atom is -0.341 e. The molecule has 0 saturated carbocycles. The first-order chi connectivity index (χ1) is 12.3. The highest BCUT2D eigenvalue weighted by atomic mass is 16.2. The summed E-state index contributed by atoms with van der Waals surface area (Å²) in [5.74, 6) is 0.684. The Hall–Kier alpha value is -2.69. The molecule has 1 atom stereocenters. The van der Waals surface area contributed by atoms with Gasteiger partial charge in [-0.1, -0.05) is 12.1 Å². The van der Waals surface area contributed by atoms with Gasteiger partial charge in [0.05, 0.1) is 18.0 Å². The molecule has 1 aliphatic rings. The average molecular weight is 334 g/mol. The fourth-order valence-corrected chi connectivity index (χ4v) is 3.70. The van der Waals surface area contributed by atoms with E-state index in [9.17, 15) is 4.79 Å². The van der Waals surface area contributed by atoms with Gasteiger partial charge in [-0.15, -0.1) is 0 Å². The van der Waals surface area contributed by atoms with E-state index < -0.39 is 0 Å². The number of rotatable bonds is 3. The van der Waals surface area contributed by atoms with Crippen LogP contribution in [0.3, 0.4) is 0 Å². The zero-order chi connectivity index (χ0) is 17.1. The minimum atomic E-state index is 0.0647. The lowest BCUT2D eigenvalue weighted by molar-refractivity contribution is 0.0754. The molecule has 1 unspecified atom stereocenters. The van der Waals surface area contributed by atoms with Gasteiger partial charge in [0.2, 0.25) is 0 Å². The number of aromatic nitrogens is 3. The van der Waals surface area contributed by atoms with Gasteiger partial charge in [-0.25, -0.2) is 4.98 Å². The molecule has 1 N–H and O–H groups in total. The number of nitrogens with one attached hydrogen (secondary N) is 1. The SMILES string of the molecule is O=C(c1cnc[nH]1)N1CCCC(Cc2ccc3ncccc3c2)CC1. The maximum atomic E-state index is 12.5. The third-order valence-electron chi connectivity index (χ3n) is 5.06. The Morgan fingerprint density at radius 3 is 3.08 bits per heavy atom. The fourth-order valence-electron chi connectivity index (χ4n) is 3.70. The van der Waals surface area contributed by atoms with Crippen LogP contribution in [0.15, 0.2) is 49.1 Å². The largest absolute Gasteiger partial charge is 0.341 e. The van der Waals surface area contributed by atoms with E-state index in [0.29, 0.717) is 11.6 Å². The lowest BCUT2D eigenvalue weighted by Crippen LogP contribution is -2.32. The molecule has 2 aromatic heterocycles. The molecule has 0 spiro atoms. The molecule has 5 heteroatoms. The van der Waals surface area contributed by atoms with Gasteiger partial charge in [0.25, 0.3) is 5.91 Å². The van der Waals surface area contributed by atoms with E-state index in [1.165, 1.54) is 10.9 Å². The van der Waals surface area contributed by atoms with E-state index in [-0.39, 0.29) is 5.91 Å². The molecule has 1 aliphatic heterocycles. The van der Waals surface area contributed by atoms with Crippen LogP contribution in [0, 0.1) is 5.92 Å². The summed E-state index contributed by atoms with van der Waals surface area (Å²) < 4.78 is 0. The standard InChI is InChI=1S/C20H22N4O/c25-20(19-13-21-14-23-19)24-9-2-3-15(7-10-24)11-16-5-6-18-17(12-16)4-1-8-22-18/h1,4-6,8,12-15H,2-3,7,9-11H2,(H,21,23). The second-order valence-corrected chi connectivity index (χ2v) is 6.79. The van der Waals surface area contributed by atoms with E-state index in [0.717, 1.165) is 44.3 Å². The number of fused-ring (bicyclic) bond motifs is 1. The van der Waals surface area contributed by atoms with Crippen molar-refractivity contribution >= 4 is 16.8 Å². The molecule has 128 valence electrons. The number of nitrogens with zero attached hydrogens (tertiary/aromatic N) is 3. The number of hydrogen-bond donors (Lipinski definition) is 1. The van der Waals surface area contributed by atoms with Crippen LogP contribution in [-0.4, -0.2) is 38.8 Å². The number of pyridine rings is 1. The van der Waals surface area contributed by atoms with Crippen molar-refractivity contribution in [3.8, 4) is 0 Å². The van der Waals surface area contributed by atoms with Gasteiger partial charge in [0, 0.05) is 24.7 Å². The highest BCUT2D eigenvalue weighted by Gasteiger charge is 2.22.